The van der Waals surface area contributed by atoms with Gasteiger partial charge >= 0.3 is 6.18 Å². The molecular weight excluding hydrogens is 229 g/mol. The second-order valence-corrected chi connectivity index (χ2v) is 4.03. The Morgan fingerprint density at radius 2 is 2.13 bits per heavy atom. The number of hydrogen-bond acceptors (Lipinski definition) is 2. The quantitative estimate of drug-likeness (QED) is 0.814. The molecule has 0 aromatic carbocycles. The molecule has 1 saturated carbocycles. The maximum absolute atomic E-state index is 12.3. The molecule has 82 valence electrons. The van der Waals surface area contributed by atoms with Crippen LogP contribution in [0.3, 0.4) is 0 Å². The minimum absolute atomic E-state index is 0.116. The summed E-state index contributed by atoms with van der Waals surface area (Å²) in [6.45, 7) is 0. The summed E-state index contributed by atoms with van der Waals surface area (Å²) in [5, 5.41) is 0.209. The second-order valence-electron chi connectivity index (χ2n) is 3.63. The molecule has 1 aromatic rings. The summed E-state index contributed by atoms with van der Waals surface area (Å²) in [4.78, 5) is 3.73. The number of nitrogens with two attached hydrogens (primary N) is 1. The lowest BCUT2D eigenvalue weighted by Crippen LogP contribution is -2.11. The molecule has 15 heavy (non-hydrogen) atoms. The first kappa shape index (κ1) is 10.5. The second kappa shape index (κ2) is 3.27. The van der Waals surface area contributed by atoms with Crippen molar-refractivity contribution in [2.24, 2.45) is 5.92 Å². The number of hydrogen-bond donors (Lipinski definition) is 1. The molecule has 1 aromatic heterocycles. The zero-order chi connectivity index (χ0) is 11.2. The third kappa shape index (κ3) is 2.02. The number of pyridine rings is 1. The average Bonchev–Trinajstić information content (AvgIpc) is 2.87. The Balaban J connectivity index is 2.17. The number of rotatable bonds is 1. The van der Waals surface area contributed by atoms with Crippen molar-refractivity contribution >= 4 is 17.4 Å². The van der Waals surface area contributed by atoms with E-state index < -0.39 is 18.0 Å². The molecule has 6 heteroatoms. The van der Waals surface area contributed by atoms with Crippen molar-refractivity contribution < 1.29 is 13.2 Å². The molecule has 0 saturated heterocycles. The van der Waals surface area contributed by atoms with Gasteiger partial charge in [0.2, 0.25) is 0 Å². The Morgan fingerprint density at radius 3 is 2.60 bits per heavy atom. The van der Waals surface area contributed by atoms with Crippen molar-refractivity contribution in [2.75, 3.05) is 5.73 Å². The van der Waals surface area contributed by atoms with Gasteiger partial charge in [-0.25, -0.2) is 4.98 Å². The van der Waals surface area contributed by atoms with Crippen molar-refractivity contribution in [3.8, 4) is 0 Å². The van der Waals surface area contributed by atoms with Crippen molar-refractivity contribution in [1.29, 1.82) is 0 Å². The van der Waals surface area contributed by atoms with E-state index in [4.69, 9.17) is 17.3 Å². The van der Waals surface area contributed by atoms with E-state index in [1.54, 1.807) is 0 Å². The summed E-state index contributed by atoms with van der Waals surface area (Å²) in [5.41, 5.74) is 5.88. The molecule has 0 bridgehead atoms. The van der Waals surface area contributed by atoms with Gasteiger partial charge in [-0.15, -0.1) is 0 Å². The molecule has 2 rings (SSSR count). The SMILES string of the molecule is Nc1ncc([C@H]2CC2C(F)(F)F)cc1Cl. The van der Waals surface area contributed by atoms with E-state index in [1.807, 2.05) is 0 Å². The Hall–Kier alpha value is -0.970. The van der Waals surface area contributed by atoms with Crippen LogP contribution in [0, 0.1) is 5.92 Å². The number of alkyl halides is 3. The molecule has 1 fully saturated rings. The molecule has 1 unspecified atom stereocenters. The lowest BCUT2D eigenvalue weighted by atomic mass is 10.1. The monoisotopic (exact) mass is 236 g/mol. The molecule has 2 nitrogen and oxygen atoms in total. The lowest BCUT2D eigenvalue weighted by molar-refractivity contribution is -0.148. The number of nitrogens with zero attached hydrogens (tertiary/aromatic N) is 1. The average molecular weight is 237 g/mol. The summed E-state index contributed by atoms with van der Waals surface area (Å²) in [6, 6.07) is 1.46. The van der Waals surface area contributed by atoms with Gasteiger partial charge in [0.25, 0.3) is 0 Å². The van der Waals surface area contributed by atoms with Gasteiger partial charge < -0.3 is 5.73 Å². The van der Waals surface area contributed by atoms with Gasteiger partial charge in [0.1, 0.15) is 5.82 Å². The standard InChI is InChI=1S/C9H8ClF3N2/c10-7-1-4(3-15-8(7)14)5-2-6(5)9(11,12)13/h1,3,5-6H,2H2,(H2,14,15)/t5-,6?/m1/s1. The van der Waals surface area contributed by atoms with Gasteiger partial charge in [-0.05, 0) is 24.0 Å². The zero-order valence-electron chi connectivity index (χ0n) is 7.55. The maximum Gasteiger partial charge on any atom is 0.392 e. The van der Waals surface area contributed by atoms with Crippen molar-refractivity contribution in [1.82, 2.24) is 4.98 Å². The maximum atomic E-state index is 12.3. The van der Waals surface area contributed by atoms with E-state index in [0.717, 1.165) is 0 Å². The van der Waals surface area contributed by atoms with E-state index in [0.29, 0.717) is 5.56 Å². The van der Waals surface area contributed by atoms with Crippen LogP contribution in [0.4, 0.5) is 19.0 Å². The molecule has 2 atom stereocenters. The molecule has 0 aliphatic heterocycles. The third-order valence-electron chi connectivity index (χ3n) is 2.53. The fourth-order valence-electron chi connectivity index (χ4n) is 1.59. The van der Waals surface area contributed by atoms with Crippen LogP contribution in [-0.2, 0) is 0 Å². The van der Waals surface area contributed by atoms with E-state index in [1.165, 1.54) is 12.3 Å². The Morgan fingerprint density at radius 1 is 1.47 bits per heavy atom. The molecule has 1 aliphatic rings. The Kier molecular flexibility index (Phi) is 2.30. The first-order valence-electron chi connectivity index (χ1n) is 4.37. The van der Waals surface area contributed by atoms with Crippen molar-refractivity contribution in [3.05, 3.63) is 22.8 Å². The normalized spacial score (nSPS) is 25.3. The van der Waals surface area contributed by atoms with E-state index >= 15 is 0 Å². The van der Waals surface area contributed by atoms with Crippen LogP contribution in [0.2, 0.25) is 5.02 Å². The predicted octanol–water partition coefficient (Wildman–Crippen LogP) is 2.98. The Labute approximate surface area is 89.2 Å². The summed E-state index contributed by atoms with van der Waals surface area (Å²) in [6.07, 6.45) is -2.65. The van der Waals surface area contributed by atoms with Crippen LogP contribution in [0.5, 0.6) is 0 Å². The van der Waals surface area contributed by atoms with Crippen LogP contribution in [-0.4, -0.2) is 11.2 Å². The minimum Gasteiger partial charge on any atom is -0.382 e. The number of nitrogen functional groups attached to an aromatic ring is 1. The summed E-state index contributed by atoms with van der Waals surface area (Å²) in [5.74, 6) is -1.61. The molecule has 2 N–H and O–H groups in total. The zero-order valence-corrected chi connectivity index (χ0v) is 8.31. The van der Waals surface area contributed by atoms with E-state index in [9.17, 15) is 13.2 Å². The number of halogens is 4. The highest BCUT2D eigenvalue weighted by molar-refractivity contribution is 6.32. The van der Waals surface area contributed by atoms with Gasteiger partial charge in [-0.3, -0.25) is 0 Å². The number of aromatic nitrogens is 1. The molecular formula is C9H8ClF3N2. The highest BCUT2D eigenvalue weighted by Gasteiger charge is 2.56. The van der Waals surface area contributed by atoms with E-state index in [2.05, 4.69) is 4.98 Å². The Bertz CT molecular complexity index is 391. The number of anilines is 1. The van der Waals surface area contributed by atoms with Gasteiger partial charge in [-0.2, -0.15) is 13.2 Å². The molecule has 0 radical (unpaired) electrons. The van der Waals surface area contributed by atoms with Crippen LogP contribution >= 0.6 is 11.6 Å². The van der Waals surface area contributed by atoms with Gasteiger partial charge in [-0.1, -0.05) is 11.6 Å². The first-order valence-corrected chi connectivity index (χ1v) is 4.75. The van der Waals surface area contributed by atoms with Crippen LogP contribution in [0.15, 0.2) is 12.3 Å². The van der Waals surface area contributed by atoms with E-state index in [-0.39, 0.29) is 17.3 Å². The predicted molar refractivity (Wildman–Crippen MR) is 50.6 cm³/mol. The van der Waals surface area contributed by atoms with Crippen LogP contribution in [0.25, 0.3) is 0 Å². The largest absolute Gasteiger partial charge is 0.392 e. The van der Waals surface area contributed by atoms with Crippen molar-refractivity contribution in [2.45, 2.75) is 18.5 Å². The van der Waals surface area contributed by atoms with Gasteiger partial charge in [0.15, 0.2) is 0 Å². The highest BCUT2D eigenvalue weighted by atomic mass is 35.5. The first-order chi connectivity index (χ1) is 6.89. The fourth-order valence-corrected chi connectivity index (χ4v) is 1.77. The lowest BCUT2D eigenvalue weighted by Gasteiger charge is -2.05. The fraction of sp³-hybridized carbons (Fsp3) is 0.444. The highest BCUT2D eigenvalue weighted by Crippen LogP contribution is 2.56. The smallest absolute Gasteiger partial charge is 0.382 e. The molecule has 1 aliphatic carbocycles. The van der Waals surface area contributed by atoms with Crippen LogP contribution < -0.4 is 5.73 Å². The van der Waals surface area contributed by atoms with Gasteiger partial charge in [0.05, 0.1) is 10.9 Å². The topological polar surface area (TPSA) is 38.9 Å². The van der Waals surface area contributed by atoms with Crippen molar-refractivity contribution in [3.63, 3.8) is 0 Å². The summed E-state index contributed by atoms with van der Waals surface area (Å²) in [7, 11) is 0. The molecule has 0 spiro atoms. The third-order valence-corrected chi connectivity index (χ3v) is 2.83. The molecule has 0 amide bonds. The minimum atomic E-state index is -4.13. The van der Waals surface area contributed by atoms with Crippen LogP contribution in [0.1, 0.15) is 17.9 Å². The van der Waals surface area contributed by atoms with Gasteiger partial charge in [0, 0.05) is 6.20 Å². The summed E-state index contributed by atoms with van der Waals surface area (Å²) < 4.78 is 36.8. The molecule has 1 heterocycles. The summed E-state index contributed by atoms with van der Waals surface area (Å²) >= 11 is 5.68.